The number of thiocarbonyl (C=S) groups is 1. The van der Waals surface area contributed by atoms with Gasteiger partial charge in [-0.25, -0.2) is 0 Å². The Morgan fingerprint density at radius 2 is 2.19 bits per heavy atom. The molecule has 1 aromatic heterocycles. The van der Waals surface area contributed by atoms with Gasteiger partial charge in [-0.15, -0.1) is 11.3 Å². The molecular weight excluding hydrogens is 410 g/mol. The van der Waals surface area contributed by atoms with E-state index in [0.717, 1.165) is 39.7 Å². The SMILES string of the molecule is O=C(CN1C(=O)/C(=C/c2cccs2)SC1=S)Nc1cc([N+](=O)[O-])ccc1O. The first-order valence-corrected chi connectivity index (χ1v) is 9.51. The third kappa shape index (κ3) is 4.32. The summed E-state index contributed by atoms with van der Waals surface area (Å²) < 4.78 is 0.237. The number of phenolic OH excluding ortho intramolecular Hbond substituents is 1. The second-order valence-electron chi connectivity index (χ2n) is 5.29. The van der Waals surface area contributed by atoms with Gasteiger partial charge in [0.05, 0.1) is 15.5 Å². The molecule has 0 aliphatic carbocycles. The minimum absolute atomic E-state index is 0.117. The van der Waals surface area contributed by atoms with Gasteiger partial charge in [0, 0.05) is 17.0 Å². The highest BCUT2D eigenvalue weighted by Gasteiger charge is 2.33. The zero-order chi connectivity index (χ0) is 19.6. The minimum Gasteiger partial charge on any atom is -0.506 e. The van der Waals surface area contributed by atoms with E-state index in [1.165, 1.54) is 11.3 Å². The lowest BCUT2D eigenvalue weighted by atomic mass is 10.2. The fourth-order valence-corrected chi connectivity index (χ4v) is 4.19. The van der Waals surface area contributed by atoms with Crippen LogP contribution in [-0.2, 0) is 9.59 Å². The number of carbonyl (C=O) groups is 2. The number of phenols is 1. The van der Waals surface area contributed by atoms with Crippen LogP contribution >= 0.6 is 35.3 Å². The molecule has 0 atom stereocenters. The Hall–Kier alpha value is -2.76. The summed E-state index contributed by atoms with van der Waals surface area (Å²) in [5, 5.41) is 24.8. The number of thiophene rings is 1. The number of nitrogens with zero attached hydrogens (tertiary/aromatic N) is 2. The predicted octanol–water partition coefficient (Wildman–Crippen LogP) is 3.20. The molecule has 0 radical (unpaired) electrons. The number of hydrogen-bond acceptors (Lipinski definition) is 8. The van der Waals surface area contributed by atoms with Gasteiger partial charge in [0.2, 0.25) is 5.91 Å². The van der Waals surface area contributed by atoms with Crippen molar-refractivity contribution in [1.82, 2.24) is 4.90 Å². The average molecular weight is 421 g/mol. The maximum atomic E-state index is 12.5. The van der Waals surface area contributed by atoms with Crippen molar-refractivity contribution in [3.8, 4) is 5.75 Å². The maximum Gasteiger partial charge on any atom is 0.271 e. The molecule has 2 N–H and O–H groups in total. The molecule has 1 aromatic carbocycles. The molecule has 0 unspecified atom stereocenters. The third-order valence-corrected chi connectivity index (χ3v) is 5.65. The second kappa shape index (κ2) is 7.86. The van der Waals surface area contributed by atoms with E-state index < -0.39 is 16.7 Å². The van der Waals surface area contributed by atoms with Gasteiger partial charge in [0.1, 0.15) is 16.6 Å². The van der Waals surface area contributed by atoms with Gasteiger partial charge >= 0.3 is 0 Å². The van der Waals surface area contributed by atoms with Crippen LogP contribution in [0.15, 0.2) is 40.6 Å². The Labute approximate surface area is 166 Å². The molecule has 0 bridgehead atoms. The van der Waals surface area contributed by atoms with Gasteiger partial charge in [0.25, 0.3) is 11.6 Å². The number of carbonyl (C=O) groups excluding carboxylic acids is 2. The fraction of sp³-hybridized carbons (Fsp3) is 0.0625. The summed E-state index contributed by atoms with van der Waals surface area (Å²) >= 11 is 7.73. The number of hydrogen-bond donors (Lipinski definition) is 2. The number of nitro benzene ring substituents is 1. The average Bonchev–Trinajstić information content (AvgIpc) is 3.21. The van der Waals surface area contributed by atoms with Crippen molar-refractivity contribution in [3.63, 3.8) is 0 Å². The lowest BCUT2D eigenvalue weighted by Gasteiger charge is -2.14. The van der Waals surface area contributed by atoms with E-state index in [9.17, 15) is 24.8 Å². The minimum atomic E-state index is -0.646. The number of thioether (sulfide) groups is 1. The monoisotopic (exact) mass is 421 g/mol. The summed E-state index contributed by atoms with van der Waals surface area (Å²) in [4.78, 5) is 37.3. The molecule has 138 valence electrons. The van der Waals surface area contributed by atoms with Crippen molar-refractivity contribution in [2.24, 2.45) is 0 Å². The molecule has 1 saturated heterocycles. The Morgan fingerprint density at radius 1 is 1.41 bits per heavy atom. The highest BCUT2D eigenvalue weighted by atomic mass is 32.2. The molecule has 0 saturated carbocycles. The van der Waals surface area contributed by atoms with E-state index in [-0.39, 0.29) is 28.0 Å². The Morgan fingerprint density at radius 3 is 2.85 bits per heavy atom. The zero-order valence-electron chi connectivity index (χ0n) is 13.4. The van der Waals surface area contributed by atoms with E-state index in [4.69, 9.17) is 12.2 Å². The largest absolute Gasteiger partial charge is 0.506 e. The number of non-ortho nitro benzene ring substituents is 1. The van der Waals surface area contributed by atoms with Crippen LogP contribution in [-0.4, -0.2) is 37.6 Å². The molecule has 1 aliphatic heterocycles. The number of nitro groups is 1. The smallest absolute Gasteiger partial charge is 0.271 e. The van der Waals surface area contributed by atoms with E-state index in [1.807, 2.05) is 17.5 Å². The maximum absolute atomic E-state index is 12.5. The van der Waals surface area contributed by atoms with Crippen LogP contribution in [0.2, 0.25) is 0 Å². The number of nitrogens with one attached hydrogen (secondary N) is 1. The van der Waals surface area contributed by atoms with Crippen LogP contribution in [0.4, 0.5) is 11.4 Å². The van der Waals surface area contributed by atoms with Crippen LogP contribution in [0.25, 0.3) is 6.08 Å². The molecule has 8 nitrogen and oxygen atoms in total. The second-order valence-corrected chi connectivity index (χ2v) is 7.95. The van der Waals surface area contributed by atoms with Gasteiger partial charge in [-0.3, -0.25) is 24.6 Å². The summed E-state index contributed by atoms with van der Waals surface area (Å²) in [5.41, 5.74) is -0.402. The molecule has 27 heavy (non-hydrogen) atoms. The van der Waals surface area contributed by atoms with Crippen LogP contribution in [0.5, 0.6) is 5.75 Å². The molecule has 2 amide bonds. The van der Waals surface area contributed by atoms with Crippen LogP contribution in [0, 0.1) is 10.1 Å². The van der Waals surface area contributed by atoms with Crippen LogP contribution in [0.3, 0.4) is 0 Å². The number of benzene rings is 1. The first kappa shape index (κ1) is 19.0. The number of aromatic hydroxyl groups is 1. The standard InChI is InChI=1S/C16H11N3O5S3/c20-12-4-3-9(19(23)24)6-11(12)17-14(21)8-18-15(22)13(27-16(18)25)7-10-2-1-5-26-10/h1-7,20H,8H2,(H,17,21)/b13-7-. The van der Waals surface area contributed by atoms with Crippen molar-refractivity contribution in [2.75, 3.05) is 11.9 Å². The van der Waals surface area contributed by atoms with Gasteiger partial charge in [-0.05, 0) is 23.6 Å². The molecule has 1 aliphatic rings. The normalized spacial score (nSPS) is 15.4. The molecule has 0 spiro atoms. The predicted molar refractivity (Wildman–Crippen MR) is 108 cm³/mol. The van der Waals surface area contributed by atoms with Crippen molar-refractivity contribution < 1.29 is 19.6 Å². The summed E-state index contributed by atoms with van der Waals surface area (Å²) in [6.07, 6.45) is 1.70. The highest BCUT2D eigenvalue weighted by Crippen LogP contribution is 2.33. The van der Waals surface area contributed by atoms with Crippen LogP contribution < -0.4 is 5.32 Å². The van der Waals surface area contributed by atoms with Gasteiger partial charge < -0.3 is 10.4 Å². The third-order valence-electron chi connectivity index (χ3n) is 3.46. The highest BCUT2D eigenvalue weighted by molar-refractivity contribution is 8.26. The lowest BCUT2D eigenvalue weighted by molar-refractivity contribution is -0.384. The number of amides is 2. The van der Waals surface area contributed by atoms with Crippen molar-refractivity contribution in [3.05, 3.63) is 55.6 Å². The van der Waals surface area contributed by atoms with Gasteiger partial charge in [0.15, 0.2) is 0 Å². The number of anilines is 1. The fourth-order valence-electron chi connectivity index (χ4n) is 2.21. The summed E-state index contributed by atoms with van der Waals surface area (Å²) in [6.45, 7) is -0.366. The first-order chi connectivity index (χ1) is 12.8. The lowest BCUT2D eigenvalue weighted by Crippen LogP contribution is -2.36. The van der Waals surface area contributed by atoms with Crippen molar-refractivity contribution in [2.45, 2.75) is 0 Å². The van der Waals surface area contributed by atoms with E-state index in [0.29, 0.717) is 4.91 Å². The molecule has 2 aromatic rings. The summed E-state index contributed by atoms with van der Waals surface area (Å²) in [7, 11) is 0. The Balaban J connectivity index is 1.71. The Kier molecular flexibility index (Phi) is 5.54. The van der Waals surface area contributed by atoms with Gasteiger partial charge in [-0.2, -0.15) is 0 Å². The molecular formula is C16H11N3O5S3. The van der Waals surface area contributed by atoms with E-state index in [2.05, 4.69) is 5.32 Å². The molecule has 1 fully saturated rings. The van der Waals surface area contributed by atoms with Gasteiger partial charge in [-0.1, -0.05) is 30.0 Å². The quantitative estimate of drug-likeness (QED) is 0.251. The first-order valence-electron chi connectivity index (χ1n) is 7.41. The molecule has 2 heterocycles. The topological polar surface area (TPSA) is 113 Å². The number of rotatable bonds is 5. The summed E-state index contributed by atoms with van der Waals surface area (Å²) in [5.74, 6) is -1.35. The zero-order valence-corrected chi connectivity index (χ0v) is 15.9. The molecule has 11 heteroatoms. The molecule has 3 rings (SSSR count). The van der Waals surface area contributed by atoms with Crippen molar-refractivity contribution >= 4 is 68.9 Å². The van der Waals surface area contributed by atoms with Crippen molar-refractivity contribution in [1.29, 1.82) is 0 Å². The Bertz CT molecular complexity index is 972. The summed E-state index contributed by atoms with van der Waals surface area (Å²) in [6, 6.07) is 6.97. The van der Waals surface area contributed by atoms with Crippen LogP contribution in [0.1, 0.15) is 4.88 Å². The van der Waals surface area contributed by atoms with E-state index in [1.54, 1.807) is 6.08 Å². The van der Waals surface area contributed by atoms with E-state index >= 15 is 0 Å².